The van der Waals surface area contributed by atoms with Crippen LogP contribution in [0.4, 0.5) is 0 Å². The first-order valence-electron chi connectivity index (χ1n) is 9.46. The Morgan fingerprint density at radius 3 is 2.31 bits per heavy atom. The van der Waals surface area contributed by atoms with E-state index in [1.807, 2.05) is 13.8 Å². The molecule has 3 rings (SSSR count). The Morgan fingerprint density at radius 2 is 1.85 bits per heavy atom. The highest BCUT2D eigenvalue weighted by Gasteiger charge is 2.63. The number of ether oxygens (including phenoxy) is 2. The summed E-state index contributed by atoms with van der Waals surface area (Å²) in [5, 5.41) is 20.5. The molecule has 2 saturated carbocycles. The van der Waals surface area contributed by atoms with Crippen LogP contribution in [0.25, 0.3) is 0 Å². The fourth-order valence-corrected chi connectivity index (χ4v) is 4.64. The van der Waals surface area contributed by atoms with Crippen LogP contribution in [0.15, 0.2) is 12.1 Å². The van der Waals surface area contributed by atoms with Crippen molar-refractivity contribution in [3.8, 4) is 17.2 Å². The van der Waals surface area contributed by atoms with Crippen molar-refractivity contribution >= 4 is 5.97 Å². The van der Waals surface area contributed by atoms with Crippen LogP contribution in [0.1, 0.15) is 64.2 Å². The second-order valence-electron chi connectivity index (χ2n) is 9.05. The van der Waals surface area contributed by atoms with Gasteiger partial charge in [-0.1, -0.05) is 34.6 Å². The standard InChI is InChI=1S/C21H30O5/c1-12(2)11-25-14-9-15(22)18(16(23)10-14)19(24)26-17-8-13-6-7-21(17,5)20(13,3)4/h9-10,12-13,17,22-23H,6-8,11H2,1-5H3. The molecule has 5 nitrogen and oxygen atoms in total. The average molecular weight is 362 g/mol. The average Bonchev–Trinajstić information content (AvgIpc) is 2.85. The van der Waals surface area contributed by atoms with Crippen LogP contribution in [0, 0.1) is 22.7 Å². The number of phenolic OH excluding ortho intramolecular Hbond substituents is 2. The van der Waals surface area contributed by atoms with Crippen LogP contribution >= 0.6 is 0 Å². The maximum atomic E-state index is 12.7. The molecule has 2 fully saturated rings. The SMILES string of the molecule is CC(C)COc1cc(O)c(C(=O)OC2CC3CCC2(C)C3(C)C)c(O)c1. The number of hydrogen-bond donors (Lipinski definition) is 2. The number of carbonyl (C=O) groups excluding carboxylic acids is 1. The van der Waals surface area contributed by atoms with Gasteiger partial charge in [0.1, 0.15) is 28.9 Å². The number of benzene rings is 1. The van der Waals surface area contributed by atoms with Gasteiger partial charge in [-0.2, -0.15) is 0 Å². The lowest BCUT2D eigenvalue weighted by Gasteiger charge is -2.38. The number of carbonyl (C=O) groups is 1. The Balaban J connectivity index is 1.77. The molecule has 0 radical (unpaired) electrons. The largest absolute Gasteiger partial charge is 0.507 e. The van der Waals surface area contributed by atoms with Gasteiger partial charge in [0.15, 0.2) is 0 Å². The zero-order valence-corrected chi connectivity index (χ0v) is 16.3. The quantitative estimate of drug-likeness (QED) is 0.754. The van der Waals surface area contributed by atoms with E-state index in [0.717, 1.165) is 19.3 Å². The van der Waals surface area contributed by atoms with E-state index in [0.29, 0.717) is 24.2 Å². The number of esters is 1. The van der Waals surface area contributed by atoms with Crippen molar-refractivity contribution in [2.24, 2.45) is 22.7 Å². The second kappa shape index (κ2) is 6.36. The molecule has 0 amide bonds. The van der Waals surface area contributed by atoms with Crippen LogP contribution in [0.5, 0.6) is 17.2 Å². The fraction of sp³-hybridized carbons (Fsp3) is 0.667. The molecule has 1 aromatic rings. The number of phenols is 2. The highest BCUT2D eigenvalue weighted by Crippen LogP contribution is 2.66. The van der Waals surface area contributed by atoms with E-state index in [4.69, 9.17) is 9.47 Å². The molecule has 0 aromatic heterocycles. The molecule has 0 aliphatic heterocycles. The number of rotatable bonds is 5. The van der Waals surface area contributed by atoms with Gasteiger partial charge in [-0.15, -0.1) is 0 Å². The van der Waals surface area contributed by atoms with Crippen molar-refractivity contribution in [1.29, 1.82) is 0 Å². The molecule has 0 spiro atoms. The predicted molar refractivity (Wildman–Crippen MR) is 98.5 cm³/mol. The van der Waals surface area contributed by atoms with Crippen LogP contribution < -0.4 is 4.74 Å². The van der Waals surface area contributed by atoms with Crippen molar-refractivity contribution in [3.63, 3.8) is 0 Å². The van der Waals surface area contributed by atoms with Gasteiger partial charge in [0, 0.05) is 17.5 Å². The lowest BCUT2D eigenvalue weighted by molar-refractivity contribution is -0.0246. The highest BCUT2D eigenvalue weighted by molar-refractivity contribution is 5.95. The lowest BCUT2D eigenvalue weighted by Crippen LogP contribution is -2.38. The molecule has 5 heteroatoms. The maximum Gasteiger partial charge on any atom is 0.346 e. The van der Waals surface area contributed by atoms with Crippen molar-refractivity contribution in [2.75, 3.05) is 6.61 Å². The first-order valence-corrected chi connectivity index (χ1v) is 9.46. The summed E-state index contributed by atoms with van der Waals surface area (Å²) in [5.74, 6) is -0.129. The minimum atomic E-state index is -0.676. The highest BCUT2D eigenvalue weighted by atomic mass is 16.5. The zero-order valence-electron chi connectivity index (χ0n) is 16.3. The van der Waals surface area contributed by atoms with E-state index < -0.39 is 5.97 Å². The van der Waals surface area contributed by atoms with Crippen molar-refractivity contribution in [2.45, 2.75) is 60.0 Å². The van der Waals surface area contributed by atoms with Crippen LogP contribution in [0.3, 0.4) is 0 Å². The van der Waals surface area contributed by atoms with Gasteiger partial charge in [0.25, 0.3) is 0 Å². The van der Waals surface area contributed by atoms with E-state index in [9.17, 15) is 15.0 Å². The third kappa shape index (κ3) is 2.91. The molecule has 2 aliphatic rings. The van der Waals surface area contributed by atoms with Gasteiger partial charge in [0.05, 0.1) is 6.61 Å². The van der Waals surface area contributed by atoms with E-state index in [1.54, 1.807) is 0 Å². The van der Waals surface area contributed by atoms with Crippen LogP contribution in [-0.4, -0.2) is 28.9 Å². The smallest absolute Gasteiger partial charge is 0.346 e. The van der Waals surface area contributed by atoms with E-state index >= 15 is 0 Å². The summed E-state index contributed by atoms with van der Waals surface area (Å²) in [6.45, 7) is 11.1. The molecule has 2 aliphatic carbocycles. The topological polar surface area (TPSA) is 76.0 Å². The van der Waals surface area contributed by atoms with E-state index in [-0.39, 0.29) is 34.0 Å². The summed E-state index contributed by atoms with van der Waals surface area (Å²) < 4.78 is 11.3. The molecule has 3 atom stereocenters. The fourth-order valence-electron chi connectivity index (χ4n) is 4.64. The molecule has 0 heterocycles. The Kier molecular flexibility index (Phi) is 4.62. The summed E-state index contributed by atoms with van der Waals surface area (Å²) >= 11 is 0. The Bertz CT molecular complexity index is 685. The molecule has 3 unspecified atom stereocenters. The van der Waals surface area contributed by atoms with Crippen LogP contribution in [0.2, 0.25) is 0 Å². The van der Waals surface area contributed by atoms with E-state index in [2.05, 4.69) is 20.8 Å². The van der Waals surface area contributed by atoms with Crippen molar-refractivity contribution < 1.29 is 24.5 Å². The minimum Gasteiger partial charge on any atom is -0.507 e. The first kappa shape index (κ1) is 18.9. The normalized spacial score (nSPS) is 29.2. The van der Waals surface area contributed by atoms with Gasteiger partial charge >= 0.3 is 5.97 Å². The number of aromatic hydroxyl groups is 2. The lowest BCUT2D eigenvalue weighted by atomic mass is 9.70. The summed E-state index contributed by atoms with van der Waals surface area (Å²) in [6.07, 6.45) is 2.84. The molecule has 26 heavy (non-hydrogen) atoms. The molecular formula is C21H30O5. The monoisotopic (exact) mass is 362 g/mol. The van der Waals surface area contributed by atoms with Gasteiger partial charge in [-0.05, 0) is 36.5 Å². The van der Waals surface area contributed by atoms with Crippen molar-refractivity contribution in [3.05, 3.63) is 17.7 Å². The zero-order chi connectivity index (χ0) is 19.3. The Hall–Kier alpha value is -1.91. The predicted octanol–water partition coefficient (Wildman–Crippen LogP) is 4.50. The third-order valence-electron chi connectivity index (χ3n) is 6.82. The minimum absolute atomic E-state index is 0.0706. The maximum absolute atomic E-state index is 12.7. The molecule has 2 N–H and O–H groups in total. The summed E-state index contributed by atoms with van der Waals surface area (Å²) in [6, 6.07) is 2.70. The van der Waals surface area contributed by atoms with Gasteiger partial charge < -0.3 is 19.7 Å². The summed E-state index contributed by atoms with van der Waals surface area (Å²) in [7, 11) is 0. The van der Waals surface area contributed by atoms with E-state index in [1.165, 1.54) is 12.1 Å². The van der Waals surface area contributed by atoms with Gasteiger partial charge in [-0.25, -0.2) is 4.79 Å². The van der Waals surface area contributed by atoms with Crippen LogP contribution in [-0.2, 0) is 4.74 Å². The second-order valence-corrected chi connectivity index (χ2v) is 9.05. The number of hydrogen-bond acceptors (Lipinski definition) is 5. The Labute approximate surface area is 155 Å². The molecular weight excluding hydrogens is 332 g/mol. The molecule has 2 bridgehead atoms. The first-order chi connectivity index (χ1) is 12.1. The number of fused-ring (bicyclic) bond motifs is 2. The molecule has 0 saturated heterocycles. The molecule has 1 aromatic carbocycles. The summed E-state index contributed by atoms with van der Waals surface area (Å²) in [4.78, 5) is 12.7. The van der Waals surface area contributed by atoms with Gasteiger partial charge in [0.2, 0.25) is 0 Å². The Morgan fingerprint density at radius 1 is 1.23 bits per heavy atom. The summed E-state index contributed by atoms with van der Waals surface area (Å²) in [5.41, 5.74) is -0.138. The van der Waals surface area contributed by atoms with Crippen molar-refractivity contribution in [1.82, 2.24) is 0 Å². The van der Waals surface area contributed by atoms with Gasteiger partial charge in [-0.3, -0.25) is 0 Å². The molecule has 144 valence electrons. The third-order valence-corrected chi connectivity index (χ3v) is 6.82.